The van der Waals surface area contributed by atoms with Crippen LogP contribution in [0.25, 0.3) is 0 Å². The van der Waals surface area contributed by atoms with Gasteiger partial charge in [0, 0.05) is 46.8 Å². The number of hydrogen-bond acceptors (Lipinski definition) is 9. The number of likely N-dealkylation sites (tertiary alicyclic amines) is 1. The Labute approximate surface area is 266 Å². The maximum atomic E-state index is 14.0. The zero-order valence-corrected chi connectivity index (χ0v) is 25.8. The summed E-state index contributed by atoms with van der Waals surface area (Å²) in [5.74, 6) is -1.41. The number of fused-ring (bicyclic) bond motifs is 9. The Bertz CT molecular complexity index is 1780. The summed E-state index contributed by atoms with van der Waals surface area (Å²) in [4.78, 5) is 71.0. The lowest BCUT2D eigenvalue weighted by Crippen LogP contribution is -2.43. The van der Waals surface area contributed by atoms with Gasteiger partial charge in [-0.05, 0) is 61.6 Å². The van der Waals surface area contributed by atoms with E-state index in [1.54, 1.807) is 11.8 Å². The molecular weight excluding hydrogens is 617 g/mol. The highest BCUT2D eigenvalue weighted by Gasteiger charge is 2.69. The number of thioether (sulfide) groups is 1. The minimum Gasteiger partial charge on any atom is -0.483 e. The zero-order chi connectivity index (χ0) is 31.0. The predicted octanol–water partition coefficient (Wildman–Crippen LogP) is 4.41. The summed E-state index contributed by atoms with van der Waals surface area (Å²) < 4.78 is 6.22. The quantitative estimate of drug-likeness (QED) is 0.236. The van der Waals surface area contributed by atoms with Gasteiger partial charge in [0.1, 0.15) is 5.75 Å². The molecule has 4 unspecified atom stereocenters. The van der Waals surface area contributed by atoms with Crippen molar-refractivity contribution in [2.75, 3.05) is 24.6 Å². The van der Waals surface area contributed by atoms with Crippen molar-refractivity contribution >= 4 is 52.2 Å². The van der Waals surface area contributed by atoms with E-state index in [2.05, 4.69) is 4.98 Å². The molecule has 3 aromatic rings. The number of imide groups is 1. The number of rotatable bonds is 6. The van der Waals surface area contributed by atoms with Gasteiger partial charge in [-0.15, -0.1) is 11.8 Å². The number of nitro benzene ring substituents is 1. The van der Waals surface area contributed by atoms with Crippen LogP contribution in [0.2, 0.25) is 0 Å². The fraction of sp³-hybridized carbons (Fsp3) is 0.438. The number of carbonyl (C=O) groups is 3. The van der Waals surface area contributed by atoms with Gasteiger partial charge in [0.05, 0.1) is 27.5 Å². The number of anilines is 1. The molecule has 0 spiro atoms. The van der Waals surface area contributed by atoms with E-state index < -0.39 is 16.8 Å². The largest absolute Gasteiger partial charge is 0.483 e. The van der Waals surface area contributed by atoms with E-state index in [0.29, 0.717) is 11.4 Å². The zero-order valence-electron chi connectivity index (χ0n) is 24.1. The second-order valence-electron chi connectivity index (χ2n) is 12.5. The van der Waals surface area contributed by atoms with Crippen molar-refractivity contribution < 1.29 is 24.0 Å². The Morgan fingerprint density at radius 2 is 1.69 bits per heavy atom. The molecule has 232 valence electrons. The smallest absolute Gasteiger partial charge is 0.305 e. The first-order valence-corrected chi connectivity index (χ1v) is 17.0. The molecule has 13 heteroatoms. The molecule has 1 N–H and O–H groups in total. The summed E-state index contributed by atoms with van der Waals surface area (Å²) in [6.07, 6.45) is 3.85. The van der Waals surface area contributed by atoms with E-state index in [1.165, 1.54) is 40.5 Å². The lowest BCUT2D eigenvalue weighted by atomic mass is 9.68. The van der Waals surface area contributed by atoms with Crippen LogP contribution in [0, 0.1) is 39.7 Å². The highest BCUT2D eigenvalue weighted by atomic mass is 32.2. The molecule has 5 aliphatic rings. The van der Waals surface area contributed by atoms with Crippen molar-refractivity contribution in [1.29, 1.82) is 0 Å². The minimum atomic E-state index is -0.511. The van der Waals surface area contributed by atoms with Crippen molar-refractivity contribution in [3.63, 3.8) is 0 Å². The molecule has 8 rings (SSSR count). The molecule has 11 nitrogen and oxygen atoms in total. The summed E-state index contributed by atoms with van der Waals surface area (Å²) in [5, 5.41) is 12.0. The number of nitrogens with zero attached hydrogens (tertiary/aromatic N) is 3. The van der Waals surface area contributed by atoms with Crippen LogP contribution >= 0.6 is 23.1 Å². The summed E-state index contributed by atoms with van der Waals surface area (Å²) in [7, 11) is 0. The van der Waals surface area contributed by atoms with Crippen molar-refractivity contribution in [2.45, 2.75) is 41.9 Å². The van der Waals surface area contributed by atoms with E-state index in [9.17, 15) is 29.3 Å². The van der Waals surface area contributed by atoms with Crippen molar-refractivity contribution in [3.05, 3.63) is 78.8 Å². The number of piperidine rings is 1. The fourth-order valence-corrected chi connectivity index (χ4v) is 11.5. The number of aromatic nitrogens is 1. The first-order chi connectivity index (χ1) is 21.8. The number of H-pyrrole nitrogens is 1. The van der Waals surface area contributed by atoms with E-state index in [0.717, 1.165) is 54.2 Å². The van der Waals surface area contributed by atoms with Gasteiger partial charge in [-0.1, -0.05) is 29.5 Å². The average Bonchev–Trinajstić information content (AvgIpc) is 3.79. The number of hydrogen-bond donors (Lipinski definition) is 1. The minimum absolute atomic E-state index is 0.00408. The van der Waals surface area contributed by atoms with Crippen LogP contribution in [-0.4, -0.2) is 57.5 Å². The molecular formula is C32H30N4O7S2. The Morgan fingerprint density at radius 1 is 0.978 bits per heavy atom. The van der Waals surface area contributed by atoms with Gasteiger partial charge in [0.15, 0.2) is 6.61 Å². The number of non-ortho nitro benzene ring substituents is 1. The van der Waals surface area contributed by atoms with Crippen molar-refractivity contribution in [1.82, 2.24) is 9.88 Å². The van der Waals surface area contributed by atoms with Crippen LogP contribution in [0.4, 0.5) is 11.4 Å². The van der Waals surface area contributed by atoms with Crippen LogP contribution in [-0.2, 0) is 14.4 Å². The predicted molar refractivity (Wildman–Crippen MR) is 166 cm³/mol. The maximum absolute atomic E-state index is 14.0. The first-order valence-electron chi connectivity index (χ1n) is 15.3. The van der Waals surface area contributed by atoms with Crippen molar-refractivity contribution in [3.8, 4) is 5.75 Å². The van der Waals surface area contributed by atoms with E-state index in [4.69, 9.17) is 4.74 Å². The van der Waals surface area contributed by atoms with Gasteiger partial charge >= 0.3 is 4.87 Å². The number of ether oxygens (including phenoxy) is 1. The number of nitrogens with one attached hydrogen (secondary N) is 1. The van der Waals surface area contributed by atoms with E-state index in [-0.39, 0.29) is 63.8 Å². The second kappa shape index (κ2) is 10.8. The number of thiazole rings is 1. The monoisotopic (exact) mass is 646 g/mol. The van der Waals surface area contributed by atoms with Gasteiger partial charge in [0.25, 0.3) is 11.6 Å². The molecule has 3 amide bonds. The van der Waals surface area contributed by atoms with Gasteiger partial charge in [-0.2, -0.15) is 0 Å². The normalized spacial score (nSPS) is 29.8. The lowest BCUT2D eigenvalue weighted by Gasteiger charge is -2.43. The van der Waals surface area contributed by atoms with Crippen LogP contribution in [0.15, 0.2) is 58.4 Å². The summed E-state index contributed by atoms with van der Waals surface area (Å²) in [6.45, 7) is 1.41. The molecule has 1 aromatic heterocycles. The molecule has 3 aliphatic heterocycles. The molecule has 4 fully saturated rings. The van der Waals surface area contributed by atoms with Crippen molar-refractivity contribution in [2.24, 2.45) is 29.6 Å². The van der Waals surface area contributed by atoms with E-state index >= 15 is 0 Å². The first kappa shape index (κ1) is 28.5. The molecule has 2 saturated carbocycles. The van der Waals surface area contributed by atoms with Crippen LogP contribution in [0.3, 0.4) is 0 Å². The highest BCUT2D eigenvalue weighted by Crippen LogP contribution is 2.69. The summed E-state index contributed by atoms with van der Waals surface area (Å²) in [6, 6.07) is 13.2. The molecule has 45 heavy (non-hydrogen) atoms. The number of para-hydroxylation sites is 1. The Kier molecular flexibility index (Phi) is 6.86. The van der Waals surface area contributed by atoms with E-state index in [1.807, 2.05) is 29.2 Å². The van der Waals surface area contributed by atoms with Gasteiger partial charge in [0.2, 0.25) is 11.8 Å². The Balaban J connectivity index is 1.13. The Hall–Kier alpha value is -3.97. The standard InChI is InChI=1S/C32H30N4O7S2/c37-22(34-12-4-1-5-13-34)15-43-21-7-3-2-6-18(21)23-24-19-14-20(27(24)44-29-28(23)45-32(40)33-29)26-25(19)30(38)35(31(26)39)16-8-10-17(11-9-16)36(41)42/h2-3,6-11,19-20,23-27H,1,4-5,12-15H2,(H,33,40)/t19-,20-,23-,24?,25?,26?,27?/m1/s1. The lowest BCUT2D eigenvalue weighted by molar-refractivity contribution is -0.384. The number of benzene rings is 2. The molecule has 0 radical (unpaired) electrons. The topological polar surface area (TPSA) is 143 Å². The third-order valence-corrected chi connectivity index (χ3v) is 12.9. The molecule has 7 atom stereocenters. The van der Waals surface area contributed by atoms with Crippen LogP contribution in [0.1, 0.15) is 42.0 Å². The second-order valence-corrected chi connectivity index (χ2v) is 14.7. The number of carbonyl (C=O) groups excluding carboxylic acids is 3. The number of nitro groups is 1. The fourth-order valence-electron chi connectivity index (χ4n) is 8.59. The summed E-state index contributed by atoms with van der Waals surface area (Å²) in [5.41, 5.74) is 1.11. The summed E-state index contributed by atoms with van der Waals surface area (Å²) >= 11 is 2.78. The third kappa shape index (κ3) is 4.45. The number of aromatic amines is 1. The molecule has 2 bridgehead atoms. The Morgan fingerprint density at radius 3 is 2.42 bits per heavy atom. The van der Waals surface area contributed by atoms with Gasteiger partial charge in [-0.25, -0.2) is 0 Å². The molecule has 2 saturated heterocycles. The highest BCUT2D eigenvalue weighted by molar-refractivity contribution is 8.00. The third-order valence-electron chi connectivity index (χ3n) is 10.4. The van der Waals surface area contributed by atoms with Crippen LogP contribution in [0.5, 0.6) is 5.75 Å². The molecule has 2 aliphatic carbocycles. The van der Waals surface area contributed by atoms with Gasteiger partial charge < -0.3 is 14.6 Å². The number of amides is 3. The SMILES string of the molecule is O=C(COc1ccccc1[C@H]1c2sc(=O)[nH]c2SC2C1[C@H]1C[C@@H]2C2C(=O)N(c3ccc([N+](=O)[O-])cc3)C(=O)C21)N1CCCCC1. The molecule has 2 aromatic carbocycles. The molecule has 4 heterocycles. The van der Waals surface area contributed by atoms with Gasteiger partial charge in [-0.3, -0.25) is 34.2 Å². The van der Waals surface area contributed by atoms with Crippen LogP contribution < -0.4 is 14.5 Å². The maximum Gasteiger partial charge on any atom is 0.305 e. The average molecular weight is 647 g/mol.